The molecule has 3 aromatic heterocycles. The standard InChI is InChI=1S/C20H16ClFN6O4/c21-13-7-11(1-2-14(13)22)17-25-19(32-26-17)12-9-23-28-15(8-16(29)24-18(12)28)10-3-5-27(6-4-10)20(30)31/h1-2,7-10H,3-6H2,(H,24,29)(H,30,31). The number of carbonyl (C=O) groups is 1. The van der Waals surface area contributed by atoms with Crippen molar-refractivity contribution in [2.75, 3.05) is 13.1 Å². The lowest BCUT2D eigenvalue weighted by Crippen LogP contribution is -2.37. The lowest BCUT2D eigenvalue weighted by atomic mass is 9.93. The number of benzene rings is 1. The third kappa shape index (κ3) is 3.50. The van der Waals surface area contributed by atoms with Crippen molar-refractivity contribution >= 4 is 23.3 Å². The molecule has 32 heavy (non-hydrogen) atoms. The molecule has 5 rings (SSSR count). The summed E-state index contributed by atoms with van der Waals surface area (Å²) in [5, 5.41) is 17.4. The minimum absolute atomic E-state index is 0.0252. The molecule has 2 N–H and O–H groups in total. The molecule has 0 bridgehead atoms. The Balaban J connectivity index is 1.50. The minimum atomic E-state index is -0.949. The summed E-state index contributed by atoms with van der Waals surface area (Å²) in [6.45, 7) is 0.769. The number of piperidine rings is 1. The van der Waals surface area contributed by atoms with Gasteiger partial charge in [0, 0.05) is 30.6 Å². The zero-order valence-corrected chi connectivity index (χ0v) is 17.2. The van der Waals surface area contributed by atoms with E-state index in [0.717, 1.165) is 0 Å². The number of rotatable bonds is 3. The second-order valence-electron chi connectivity index (χ2n) is 7.47. The van der Waals surface area contributed by atoms with E-state index in [4.69, 9.17) is 21.2 Å². The SMILES string of the molecule is O=C(O)N1CCC(c2cc(=O)[nH]c3c(-c4nc(-c5ccc(F)c(Cl)c5)no4)cnn23)CC1. The Morgan fingerprint density at radius 2 is 2.06 bits per heavy atom. The third-order valence-electron chi connectivity index (χ3n) is 5.55. The Morgan fingerprint density at radius 3 is 2.78 bits per heavy atom. The topological polar surface area (TPSA) is 130 Å². The Hall–Kier alpha value is -3.73. The molecule has 12 heteroatoms. The van der Waals surface area contributed by atoms with Crippen LogP contribution in [0.2, 0.25) is 5.02 Å². The van der Waals surface area contributed by atoms with E-state index in [0.29, 0.717) is 48.4 Å². The van der Waals surface area contributed by atoms with Gasteiger partial charge in [0.05, 0.1) is 16.9 Å². The van der Waals surface area contributed by atoms with Crippen LogP contribution in [0.3, 0.4) is 0 Å². The van der Waals surface area contributed by atoms with Gasteiger partial charge in [-0.2, -0.15) is 10.1 Å². The zero-order valence-electron chi connectivity index (χ0n) is 16.5. The number of aromatic nitrogens is 5. The summed E-state index contributed by atoms with van der Waals surface area (Å²) in [6.07, 6.45) is 1.72. The molecule has 1 aliphatic rings. The molecule has 0 atom stereocenters. The monoisotopic (exact) mass is 458 g/mol. The molecule has 4 aromatic rings. The molecule has 1 fully saturated rings. The van der Waals surface area contributed by atoms with Crippen LogP contribution in [-0.2, 0) is 0 Å². The maximum Gasteiger partial charge on any atom is 0.407 e. The fourth-order valence-electron chi connectivity index (χ4n) is 3.91. The molecule has 0 radical (unpaired) electrons. The molecule has 1 aliphatic heterocycles. The summed E-state index contributed by atoms with van der Waals surface area (Å²) in [5.41, 5.74) is 1.66. The molecule has 4 heterocycles. The molecule has 164 valence electrons. The number of likely N-dealkylation sites (tertiary alicyclic amines) is 1. The predicted octanol–water partition coefficient (Wildman–Crippen LogP) is 3.39. The number of halogens is 2. The number of nitrogens with zero attached hydrogens (tertiary/aromatic N) is 5. The normalized spacial score (nSPS) is 14.9. The van der Waals surface area contributed by atoms with E-state index in [2.05, 4.69) is 20.2 Å². The van der Waals surface area contributed by atoms with Crippen LogP contribution in [0.1, 0.15) is 24.5 Å². The Labute approximate surface area is 184 Å². The van der Waals surface area contributed by atoms with Gasteiger partial charge < -0.3 is 19.5 Å². The van der Waals surface area contributed by atoms with Crippen molar-refractivity contribution in [1.82, 2.24) is 29.6 Å². The molecule has 0 spiro atoms. The largest absolute Gasteiger partial charge is 0.465 e. The lowest BCUT2D eigenvalue weighted by molar-refractivity contribution is 0.131. The Bertz CT molecular complexity index is 1390. The summed E-state index contributed by atoms with van der Waals surface area (Å²) in [4.78, 5) is 32.0. The van der Waals surface area contributed by atoms with Crippen molar-refractivity contribution in [2.24, 2.45) is 0 Å². The van der Waals surface area contributed by atoms with Gasteiger partial charge in [0.1, 0.15) is 17.0 Å². The molecule has 1 amide bonds. The van der Waals surface area contributed by atoms with E-state index in [9.17, 15) is 14.0 Å². The Kier molecular flexibility index (Phi) is 4.89. The number of aromatic amines is 1. The number of H-pyrrole nitrogens is 1. The van der Waals surface area contributed by atoms with Gasteiger partial charge in [-0.3, -0.25) is 4.79 Å². The van der Waals surface area contributed by atoms with Crippen molar-refractivity contribution in [3.63, 3.8) is 0 Å². The molecule has 0 saturated carbocycles. The van der Waals surface area contributed by atoms with E-state index < -0.39 is 11.9 Å². The number of hydrogen-bond donors (Lipinski definition) is 2. The zero-order chi connectivity index (χ0) is 22.4. The van der Waals surface area contributed by atoms with Gasteiger partial charge in [0.25, 0.3) is 11.4 Å². The van der Waals surface area contributed by atoms with Crippen molar-refractivity contribution in [1.29, 1.82) is 0 Å². The van der Waals surface area contributed by atoms with Crippen LogP contribution in [0, 0.1) is 5.82 Å². The second-order valence-corrected chi connectivity index (χ2v) is 7.88. The molecule has 10 nitrogen and oxygen atoms in total. The van der Waals surface area contributed by atoms with Crippen LogP contribution in [0.15, 0.2) is 39.8 Å². The lowest BCUT2D eigenvalue weighted by Gasteiger charge is -2.30. The van der Waals surface area contributed by atoms with Crippen molar-refractivity contribution < 1.29 is 18.8 Å². The maximum absolute atomic E-state index is 13.4. The van der Waals surface area contributed by atoms with E-state index in [1.807, 2.05) is 0 Å². The molecular weight excluding hydrogens is 443 g/mol. The highest BCUT2D eigenvalue weighted by atomic mass is 35.5. The number of carboxylic acid groups (broad SMARTS) is 1. The van der Waals surface area contributed by atoms with Crippen LogP contribution in [0.4, 0.5) is 9.18 Å². The number of nitrogens with one attached hydrogen (secondary N) is 1. The smallest absolute Gasteiger partial charge is 0.407 e. The van der Waals surface area contributed by atoms with Crippen LogP contribution in [0.25, 0.3) is 28.5 Å². The first-order valence-corrected chi connectivity index (χ1v) is 10.2. The number of fused-ring (bicyclic) bond motifs is 1. The van der Waals surface area contributed by atoms with Crippen molar-refractivity contribution in [3.05, 3.63) is 57.3 Å². The first-order chi connectivity index (χ1) is 15.4. The fourth-order valence-corrected chi connectivity index (χ4v) is 4.09. The first-order valence-electron chi connectivity index (χ1n) is 9.79. The number of amides is 1. The molecule has 1 saturated heterocycles. The summed E-state index contributed by atoms with van der Waals surface area (Å²) < 4.78 is 20.4. The molecule has 1 aromatic carbocycles. The minimum Gasteiger partial charge on any atom is -0.465 e. The average Bonchev–Trinajstić information content (AvgIpc) is 3.42. The van der Waals surface area contributed by atoms with Crippen LogP contribution >= 0.6 is 11.6 Å². The quantitative estimate of drug-likeness (QED) is 0.481. The summed E-state index contributed by atoms with van der Waals surface area (Å²) in [7, 11) is 0. The highest BCUT2D eigenvalue weighted by molar-refractivity contribution is 6.31. The van der Waals surface area contributed by atoms with Gasteiger partial charge in [-0.1, -0.05) is 16.8 Å². The van der Waals surface area contributed by atoms with Gasteiger partial charge >= 0.3 is 6.09 Å². The van der Waals surface area contributed by atoms with Crippen LogP contribution in [0.5, 0.6) is 0 Å². The number of hydrogen-bond acceptors (Lipinski definition) is 6. The highest BCUT2D eigenvalue weighted by Gasteiger charge is 2.27. The van der Waals surface area contributed by atoms with Gasteiger partial charge in [0.2, 0.25) is 5.82 Å². The van der Waals surface area contributed by atoms with Gasteiger partial charge in [0.15, 0.2) is 0 Å². The summed E-state index contributed by atoms with van der Waals surface area (Å²) in [6, 6.07) is 5.56. The van der Waals surface area contributed by atoms with E-state index in [1.54, 1.807) is 4.52 Å². The van der Waals surface area contributed by atoms with Gasteiger partial charge in [-0.25, -0.2) is 13.7 Å². The van der Waals surface area contributed by atoms with E-state index in [-0.39, 0.29) is 28.2 Å². The van der Waals surface area contributed by atoms with Gasteiger partial charge in [-0.05, 0) is 31.0 Å². The molecule has 0 unspecified atom stereocenters. The first kappa shape index (κ1) is 20.2. The highest BCUT2D eigenvalue weighted by Crippen LogP contribution is 2.31. The molecule has 0 aliphatic carbocycles. The summed E-state index contributed by atoms with van der Waals surface area (Å²) >= 11 is 5.83. The Morgan fingerprint density at radius 1 is 1.28 bits per heavy atom. The average molecular weight is 459 g/mol. The van der Waals surface area contributed by atoms with Crippen molar-refractivity contribution in [3.8, 4) is 22.8 Å². The third-order valence-corrected chi connectivity index (χ3v) is 5.84. The van der Waals surface area contributed by atoms with Crippen LogP contribution in [-0.4, -0.2) is 53.9 Å². The second kappa shape index (κ2) is 7.75. The van der Waals surface area contributed by atoms with Crippen molar-refractivity contribution in [2.45, 2.75) is 18.8 Å². The van der Waals surface area contributed by atoms with Crippen LogP contribution < -0.4 is 5.56 Å². The van der Waals surface area contributed by atoms with E-state index >= 15 is 0 Å². The van der Waals surface area contributed by atoms with Gasteiger partial charge in [-0.15, -0.1) is 0 Å². The predicted molar refractivity (Wildman–Crippen MR) is 111 cm³/mol. The molecular formula is C20H16ClFN6O4. The van der Waals surface area contributed by atoms with E-state index in [1.165, 1.54) is 35.4 Å². The fraction of sp³-hybridized carbons (Fsp3) is 0.250. The maximum atomic E-state index is 13.4. The summed E-state index contributed by atoms with van der Waals surface area (Å²) in [5.74, 6) is -0.242.